The van der Waals surface area contributed by atoms with Crippen LogP contribution in [-0.4, -0.2) is 16.7 Å². The number of nitro groups is 1. The van der Waals surface area contributed by atoms with Crippen molar-refractivity contribution in [3.8, 4) is 0 Å². The van der Waals surface area contributed by atoms with Gasteiger partial charge in [0.25, 0.3) is 11.6 Å². The van der Waals surface area contributed by atoms with Gasteiger partial charge in [0.15, 0.2) is 0 Å². The number of carbonyl (C=O) groups is 1. The zero-order chi connectivity index (χ0) is 16.4. The van der Waals surface area contributed by atoms with Crippen LogP contribution in [0, 0.1) is 10.1 Å². The number of non-ortho nitro benzene ring substituents is 1. The molecule has 2 aromatic rings. The Labute approximate surface area is 139 Å². The highest BCUT2D eigenvalue weighted by molar-refractivity contribution is 9.10. The van der Waals surface area contributed by atoms with E-state index in [1.807, 2.05) is 24.3 Å². The van der Waals surface area contributed by atoms with Crippen LogP contribution in [0.5, 0.6) is 0 Å². The van der Waals surface area contributed by atoms with Crippen molar-refractivity contribution in [1.29, 1.82) is 0 Å². The summed E-state index contributed by atoms with van der Waals surface area (Å²) in [6, 6.07) is 13.4. The first-order chi connectivity index (χ1) is 11.0. The minimum absolute atomic E-state index is 0.0511. The van der Waals surface area contributed by atoms with Gasteiger partial charge in [-0.1, -0.05) is 40.2 Å². The van der Waals surface area contributed by atoms with Gasteiger partial charge in [-0.15, -0.1) is 0 Å². The molecule has 0 saturated carbocycles. The molecule has 0 fully saturated rings. The number of hydrogen-bond acceptors (Lipinski definition) is 4. The molecule has 1 aliphatic heterocycles. The van der Waals surface area contributed by atoms with Crippen molar-refractivity contribution in [2.24, 2.45) is 4.99 Å². The standard InChI is InChI=1S/C16H10BrN3O3/c17-12-6-4-10(5-7-12)8-14-16(21)19-15(18-14)11-2-1-3-13(9-11)20(22)23/h1-9H,(H,18,19,21)/b14-8+. The summed E-state index contributed by atoms with van der Waals surface area (Å²) in [5.74, 6) is -0.0310. The molecule has 0 unspecified atom stereocenters. The van der Waals surface area contributed by atoms with Gasteiger partial charge in [-0.3, -0.25) is 14.9 Å². The number of rotatable bonds is 3. The van der Waals surface area contributed by atoms with Crippen molar-refractivity contribution in [3.63, 3.8) is 0 Å². The lowest BCUT2D eigenvalue weighted by Crippen LogP contribution is -2.24. The van der Waals surface area contributed by atoms with Crippen LogP contribution in [0.25, 0.3) is 6.08 Å². The summed E-state index contributed by atoms with van der Waals surface area (Å²) in [4.78, 5) is 26.6. The topological polar surface area (TPSA) is 84.6 Å². The number of nitro benzene ring substituents is 1. The first-order valence-corrected chi connectivity index (χ1v) is 7.44. The number of amidine groups is 1. The molecule has 1 heterocycles. The number of amides is 1. The Morgan fingerprint density at radius 1 is 1.17 bits per heavy atom. The molecule has 7 heteroatoms. The third-order valence-electron chi connectivity index (χ3n) is 3.20. The quantitative estimate of drug-likeness (QED) is 0.510. The van der Waals surface area contributed by atoms with Crippen molar-refractivity contribution in [2.45, 2.75) is 0 Å². The van der Waals surface area contributed by atoms with E-state index >= 15 is 0 Å². The second-order valence-electron chi connectivity index (χ2n) is 4.80. The summed E-state index contributed by atoms with van der Waals surface area (Å²) in [6.07, 6.45) is 1.66. The first-order valence-electron chi connectivity index (χ1n) is 6.65. The molecule has 1 N–H and O–H groups in total. The van der Waals surface area contributed by atoms with E-state index in [1.165, 1.54) is 12.1 Å². The normalized spacial score (nSPS) is 15.4. The summed E-state index contributed by atoms with van der Waals surface area (Å²) in [5, 5.41) is 13.5. The van der Waals surface area contributed by atoms with E-state index in [9.17, 15) is 14.9 Å². The van der Waals surface area contributed by atoms with Gasteiger partial charge in [0.1, 0.15) is 11.5 Å². The molecule has 23 heavy (non-hydrogen) atoms. The van der Waals surface area contributed by atoms with Gasteiger partial charge in [-0.2, -0.15) is 0 Å². The fourth-order valence-electron chi connectivity index (χ4n) is 2.09. The van der Waals surface area contributed by atoms with Gasteiger partial charge >= 0.3 is 0 Å². The first kappa shape index (κ1) is 15.1. The van der Waals surface area contributed by atoms with Crippen LogP contribution in [0.15, 0.2) is 63.7 Å². The Morgan fingerprint density at radius 2 is 1.91 bits per heavy atom. The van der Waals surface area contributed by atoms with Gasteiger partial charge < -0.3 is 5.32 Å². The van der Waals surface area contributed by atoms with Crippen LogP contribution < -0.4 is 5.32 Å². The van der Waals surface area contributed by atoms with E-state index < -0.39 is 4.92 Å². The van der Waals surface area contributed by atoms with E-state index in [0.717, 1.165) is 10.0 Å². The Kier molecular flexibility index (Phi) is 4.03. The highest BCUT2D eigenvalue weighted by Gasteiger charge is 2.22. The third-order valence-corrected chi connectivity index (χ3v) is 3.73. The highest BCUT2D eigenvalue weighted by atomic mass is 79.9. The second kappa shape index (κ2) is 6.13. The van der Waals surface area contributed by atoms with Crippen molar-refractivity contribution < 1.29 is 9.72 Å². The molecule has 2 aromatic carbocycles. The SMILES string of the molecule is O=C1NC(c2cccc([N+](=O)[O-])c2)=N/C1=C/c1ccc(Br)cc1. The van der Waals surface area contributed by atoms with Crippen LogP contribution >= 0.6 is 15.9 Å². The van der Waals surface area contributed by atoms with Crippen LogP contribution in [0.4, 0.5) is 5.69 Å². The minimum atomic E-state index is -0.487. The maximum absolute atomic E-state index is 12.0. The molecule has 0 aliphatic carbocycles. The summed E-state index contributed by atoms with van der Waals surface area (Å²) in [5.41, 5.74) is 1.53. The molecule has 0 spiro atoms. The number of nitrogens with zero attached hydrogens (tertiary/aromatic N) is 2. The third kappa shape index (κ3) is 3.35. The number of halogens is 1. The lowest BCUT2D eigenvalue weighted by molar-refractivity contribution is -0.384. The van der Waals surface area contributed by atoms with E-state index in [0.29, 0.717) is 11.4 Å². The van der Waals surface area contributed by atoms with Crippen molar-refractivity contribution in [3.05, 3.63) is 79.9 Å². The molecule has 1 amide bonds. The Morgan fingerprint density at radius 3 is 2.61 bits per heavy atom. The predicted molar refractivity (Wildman–Crippen MR) is 89.9 cm³/mol. The fraction of sp³-hybridized carbons (Fsp3) is 0. The second-order valence-corrected chi connectivity index (χ2v) is 5.72. The van der Waals surface area contributed by atoms with Gasteiger partial charge in [0.05, 0.1) is 4.92 Å². The van der Waals surface area contributed by atoms with E-state index in [2.05, 4.69) is 26.2 Å². The molecule has 114 valence electrons. The average Bonchev–Trinajstić information content (AvgIpc) is 2.91. The summed E-state index contributed by atoms with van der Waals surface area (Å²) in [7, 11) is 0. The minimum Gasteiger partial charge on any atom is -0.305 e. The number of carbonyl (C=O) groups excluding carboxylic acids is 1. The number of hydrogen-bond donors (Lipinski definition) is 1. The maximum Gasteiger partial charge on any atom is 0.275 e. The van der Waals surface area contributed by atoms with Crippen molar-refractivity contribution in [1.82, 2.24) is 5.32 Å². The molecule has 3 rings (SSSR count). The van der Waals surface area contributed by atoms with Crippen LogP contribution in [-0.2, 0) is 4.79 Å². The maximum atomic E-state index is 12.0. The highest BCUT2D eigenvalue weighted by Crippen LogP contribution is 2.19. The molecule has 0 atom stereocenters. The summed E-state index contributed by atoms with van der Waals surface area (Å²) >= 11 is 3.35. The van der Waals surface area contributed by atoms with E-state index in [4.69, 9.17) is 0 Å². The molecule has 0 radical (unpaired) electrons. The molecule has 0 bridgehead atoms. The van der Waals surface area contributed by atoms with E-state index in [-0.39, 0.29) is 17.3 Å². The molecule has 0 aromatic heterocycles. The zero-order valence-corrected chi connectivity index (χ0v) is 13.3. The van der Waals surface area contributed by atoms with Gasteiger partial charge in [-0.25, -0.2) is 4.99 Å². The van der Waals surface area contributed by atoms with Crippen LogP contribution in [0.1, 0.15) is 11.1 Å². The lowest BCUT2D eigenvalue weighted by atomic mass is 10.2. The lowest BCUT2D eigenvalue weighted by Gasteiger charge is -1.99. The number of nitrogens with one attached hydrogen (secondary N) is 1. The molecule has 1 aliphatic rings. The van der Waals surface area contributed by atoms with Crippen molar-refractivity contribution >= 4 is 39.4 Å². The van der Waals surface area contributed by atoms with Crippen LogP contribution in [0.3, 0.4) is 0 Å². The largest absolute Gasteiger partial charge is 0.305 e. The van der Waals surface area contributed by atoms with E-state index in [1.54, 1.807) is 18.2 Å². The molecule has 0 saturated heterocycles. The number of benzene rings is 2. The Balaban J connectivity index is 1.93. The van der Waals surface area contributed by atoms with Crippen LogP contribution in [0.2, 0.25) is 0 Å². The van der Waals surface area contributed by atoms with Crippen molar-refractivity contribution in [2.75, 3.05) is 0 Å². The number of aliphatic imine (C=N–C) groups is 1. The smallest absolute Gasteiger partial charge is 0.275 e. The molecular weight excluding hydrogens is 362 g/mol. The molecule has 6 nitrogen and oxygen atoms in total. The van der Waals surface area contributed by atoms with Gasteiger partial charge in [0, 0.05) is 22.2 Å². The molecular formula is C16H10BrN3O3. The predicted octanol–water partition coefficient (Wildman–Crippen LogP) is 3.27. The Bertz CT molecular complexity index is 857. The Hall–Kier alpha value is -2.80. The monoisotopic (exact) mass is 371 g/mol. The zero-order valence-electron chi connectivity index (χ0n) is 11.7. The van der Waals surface area contributed by atoms with Gasteiger partial charge in [-0.05, 0) is 23.8 Å². The fourth-order valence-corrected chi connectivity index (χ4v) is 2.35. The van der Waals surface area contributed by atoms with Gasteiger partial charge in [0.2, 0.25) is 0 Å². The summed E-state index contributed by atoms with van der Waals surface area (Å²) in [6.45, 7) is 0. The average molecular weight is 372 g/mol. The summed E-state index contributed by atoms with van der Waals surface area (Å²) < 4.78 is 0.941.